The van der Waals surface area contributed by atoms with Gasteiger partial charge in [0.1, 0.15) is 0 Å². The highest BCUT2D eigenvalue weighted by Gasteiger charge is 2.19. The Morgan fingerprint density at radius 1 is 1.04 bits per heavy atom. The minimum atomic E-state index is -0.499. The zero-order chi connectivity index (χ0) is 18.9. The zero-order valence-corrected chi connectivity index (χ0v) is 15.2. The maximum absolute atomic E-state index is 9.30. The monoisotopic (exact) mass is 353 g/mol. The van der Waals surface area contributed by atoms with Gasteiger partial charge < -0.3 is 5.32 Å². The molecule has 0 radical (unpaired) electrons. The lowest BCUT2D eigenvalue weighted by molar-refractivity contribution is 0.687. The first kappa shape index (κ1) is 16.8. The maximum atomic E-state index is 9.30. The van der Waals surface area contributed by atoms with Crippen molar-refractivity contribution in [1.82, 2.24) is 15.2 Å². The summed E-state index contributed by atoms with van der Waals surface area (Å²) < 4.78 is 0. The quantitative estimate of drug-likeness (QED) is 0.530. The SMILES string of the molecule is CC(C)(C#N)c1ccc(Nc2ccnc3ccc(-c4cn[nH]c4)cc23)cc1. The van der Waals surface area contributed by atoms with Gasteiger partial charge >= 0.3 is 0 Å². The molecule has 27 heavy (non-hydrogen) atoms. The van der Waals surface area contributed by atoms with E-state index in [4.69, 9.17) is 0 Å². The Morgan fingerprint density at radius 3 is 2.56 bits per heavy atom. The molecule has 2 N–H and O–H groups in total. The predicted molar refractivity (Wildman–Crippen MR) is 108 cm³/mol. The molecule has 0 unspecified atom stereocenters. The van der Waals surface area contributed by atoms with Gasteiger partial charge in [-0.3, -0.25) is 10.1 Å². The fraction of sp³-hybridized carbons (Fsp3) is 0.136. The highest BCUT2D eigenvalue weighted by atomic mass is 15.1. The van der Waals surface area contributed by atoms with Gasteiger partial charge in [-0.2, -0.15) is 10.4 Å². The van der Waals surface area contributed by atoms with Crippen LogP contribution in [0.2, 0.25) is 0 Å². The van der Waals surface area contributed by atoms with E-state index in [9.17, 15) is 5.26 Å². The van der Waals surface area contributed by atoms with E-state index in [1.54, 1.807) is 12.4 Å². The number of benzene rings is 2. The van der Waals surface area contributed by atoms with Crippen LogP contribution in [0, 0.1) is 11.3 Å². The normalized spacial score (nSPS) is 11.3. The Hall–Kier alpha value is -3.65. The summed E-state index contributed by atoms with van der Waals surface area (Å²) in [7, 11) is 0. The third kappa shape index (κ3) is 3.25. The van der Waals surface area contributed by atoms with Crippen molar-refractivity contribution >= 4 is 22.3 Å². The molecule has 4 aromatic rings. The average Bonchev–Trinajstić information content (AvgIpc) is 3.23. The molecule has 0 bridgehead atoms. The second-order valence-corrected chi connectivity index (χ2v) is 7.02. The summed E-state index contributed by atoms with van der Waals surface area (Å²) in [6, 6.07) is 18.5. The van der Waals surface area contributed by atoms with E-state index in [-0.39, 0.29) is 0 Å². The van der Waals surface area contributed by atoms with Crippen LogP contribution < -0.4 is 5.32 Å². The number of aromatic nitrogens is 3. The molecule has 0 fully saturated rings. The number of nitriles is 1. The van der Waals surface area contributed by atoms with E-state index < -0.39 is 5.41 Å². The minimum Gasteiger partial charge on any atom is -0.355 e. The molecule has 0 atom stereocenters. The van der Waals surface area contributed by atoms with Gasteiger partial charge in [-0.05, 0) is 55.3 Å². The van der Waals surface area contributed by atoms with Crippen molar-refractivity contribution in [3.63, 3.8) is 0 Å². The van der Waals surface area contributed by atoms with Gasteiger partial charge in [0, 0.05) is 34.7 Å². The van der Waals surface area contributed by atoms with E-state index in [0.717, 1.165) is 39.0 Å². The van der Waals surface area contributed by atoms with Gasteiger partial charge in [0.2, 0.25) is 0 Å². The number of anilines is 2. The Kier molecular flexibility index (Phi) is 4.09. The number of hydrogen-bond donors (Lipinski definition) is 2. The molecule has 132 valence electrons. The van der Waals surface area contributed by atoms with E-state index in [2.05, 4.69) is 32.6 Å². The number of hydrogen-bond acceptors (Lipinski definition) is 4. The summed E-state index contributed by atoms with van der Waals surface area (Å²) in [5, 5.41) is 20.7. The van der Waals surface area contributed by atoms with Crippen LogP contribution >= 0.6 is 0 Å². The Morgan fingerprint density at radius 2 is 1.85 bits per heavy atom. The van der Waals surface area contributed by atoms with Gasteiger partial charge in [0.25, 0.3) is 0 Å². The van der Waals surface area contributed by atoms with Crippen molar-refractivity contribution in [2.45, 2.75) is 19.3 Å². The molecule has 0 saturated heterocycles. The van der Waals surface area contributed by atoms with Crippen LogP contribution in [0.5, 0.6) is 0 Å². The average molecular weight is 353 g/mol. The van der Waals surface area contributed by atoms with E-state index in [1.165, 1.54) is 0 Å². The first-order valence-corrected chi connectivity index (χ1v) is 8.73. The van der Waals surface area contributed by atoms with Gasteiger partial charge in [0.15, 0.2) is 0 Å². The summed E-state index contributed by atoms with van der Waals surface area (Å²) in [5.74, 6) is 0. The zero-order valence-electron chi connectivity index (χ0n) is 15.2. The topological polar surface area (TPSA) is 77.4 Å². The highest BCUT2D eigenvalue weighted by Crippen LogP contribution is 2.30. The lowest BCUT2D eigenvalue weighted by atomic mass is 9.86. The summed E-state index contributed by atoms with van der Waals surface area (Å²) in [6.45, 7) is 3.84. The standard InChI is InChI=1S/C22H19N5/c1-22(2,14-23)17-4-6-18(7-5-17)27-21-9-10-24-20-8-3-15(11-19(20)21)16-12-25-26-13-16/h3-13H,1-2H3,(H,24,27)(H,25,26). The van der Waals surface area contributed by atoms with Crippen LogP contribution in [-0.4, -0.2) is 15.2 Å². The van der Waals surface area contributed by atoms with Crippen molar-refractivity contribution in [1.29, 1.82) is 5.26 Å². The number of nitrogens with one attached hydrogen (secondary N) is 2. The van der Waals surface area contributed by atoms with Crippen molar-refractivity contribution in [3.05, 3.63) is 72.7 Å². The molecular weight excluding hydrogens is 334 g/mol. The summed E-state index contributed by atoms with van der Waals surface area (Å²) in [5.41, 5.74) is 5.49. The predicted octanol–water partition coefficient (Wildman–Crippen LogP) is 5.17. The van der Waals surface area contributed by atoms with Crippen molar-refractivity contribution in [2.24, 2.45) is 0 Å². The molecule has 2 aromatic carbocycles. The first-order valence-electron chi connectivity index (χ1n) is 8.73. The third-order valence-corrected chi connectivity index (χ3v) is 4.74. The summed E-state index contributed by atoms with van der Waals surface area (Å²) in [6.07, 6.45) is 5.48. The van der Waals surface area contributed by atoms with Crippen LogP contribution in [0.25, 0.3) is 22.0 Å². The fourth-order valence-electron chi connectivity index (χ4n) is 3.03. The molecule has 2 aromatic heterocycles. The van der Waals surface area contributed by atoms with E-state index in [0.29, 0.717) is 0 Å². The molecule has 0 saturated carbocycles. The smallest absolute Gasteiger partial charge is 0.0766 e. The molecule has 0 aliphatic heterocycles. The largest absolute Gasteiger partial charge is 0.355 e. The van der Waals surface area contributed by atoms with Gasteiger partial charge in [-0.25, -0.2) is 0 Å². The van der Waals surface area contributed by atoms with Crippen molar-refractivity contribution in [2.75, 3.05) is 5.32 Å². The van der Waals surface area contributed by atoms with Crippen molar-refractivity contribution < 1.29 is 0 Å². The highest BCUT2D eigenvalue weighted by molar-refractivity contribution is 5.95. The molecule has 5 nitrogen and oxygen atoms in total. The number of fused-ring (bicyclic) bond motifs is 1. The molecule has 0 amide bonds. The lowest BCUT2D eigenvalue weighted by Crippen LogP contribution is -2.13. The first-order chi connectivity index (χ1) is 13.1. The molecule has 4 rings (SSSR count). The number of aromatic amines is 1. The Balaban J connectivity index is 1.69. The fourth-order valence-corrected chi connectivity index (χ4v) is 3.03. The minimum absolute atomic E-state index is 0.499. The number of pyridine rings is 1. The number of nitrogens with zero attached hydrogens (tertiary/aromatic N) is 3. The Bertz CT molecular complexity index is 1120. The third-order valence-electron chi connectivity index (χ3n) is 4.74. The summed E-state index contributed by atoms with van der Waals surface area (Å²) in [4.78, 5) is 4.46. The second-order valence-electron chi connectivity index (χ2n) is 7.02. The molecule has 5 heteroatoms. The number of H-pyrrole nitrogens is 1. The van der Waals surface area contributed by atoms with Crippen LogP contribution in [0.4, 0.5) is 11.4 Å². The van der Waals surface area contributed by atoms with Crippen molar-refractivity contribution in [3.8, 4) is 17.2 Å². The molecule has 0 spiro atoms. The number of rotatable bonds is 4. The van der Waals surface area contributed by atoms with Crippen LogP contribution in [0.15, 0.2) is 67.1 Å². The van der Waals surface area contributed by atoms with Crippen LogP contribution in [-0.2, 0) is 5.41 Å². The lowest BCUT2D eigenvalue weighted by Gasteiger charge is -2.16. The Labute approximate surface area is 157 Å². The molecule has 2 heterocycles. The molecule has 0 aliphatic carbocycles. The van der Waals surface area contributed by atoms with Gasteiger partial charge in [-0.1, -0.05) is 18.2 Å². The van der Waals surface area contributed by atoms with Crippen LogP contribution in [0.1, 0.15) is 19.4 Å². The molecular formula is C22H19N5. The van der Waals surface area contributed by atoms with Crippen LogP contribution in [0.3, 0.4) is 0 Å². The van der Waals surface area contributed by atoms with E-state index >= 15 is 0 Å². The van der Waals surface area contributed by atoms with Gasteiger partial charge in [0.05, 0.1) is 23.2 Å². The molecule has 0 aliphatic rings. The maximum Gasteiger partial charge on any atom is 0.0766 e. The summed E-state index contributed by atoms with van der Waals surface area (Å²) >= 11 is 0. The van der Waals surface area contributed by atoms with E-state index in [1.807, 2.05) is 62.5 Å². The second kappa shape index (κ2) is 6.58. The van der Waals surface area contributed by atoms with Gasteiger partial charge in [-0.15, -0.1) is 0 Å².